The maximum Gasteiger partial charge on any atom is 0.408 e. The van der Waals surface area contributed by atoms with Crippen LogP contribution in [-0.2, 0) is 40.0 Å². The molecule has 0 bridgehead atoms. The minimum absolute atomic E-state index is 0.0929. The van der Waals surface area contributed by atoms with E-state index in [0.29, 0.717) is 30.0 Å². The number of rotatable bonds is 15. The number of alkyl carbamates (subject to hydrolysis) is 1. The van der Waals surface area contributed by atoms with Crippen LogP contribution in [0.2, 0.25) is 0 Å². The van der Waals surface area contributed by atoms with Crippen LogP contribution in [0.15, 0.2) is 84.8 Å². The van der Waals surface area contributed by atoms with Crippen molar-refractivity contribution in [3.8, 4) is 0 Å². The van der Waals surface area contributed by atoms with Gasteiger partial charge in [-0.2, -0.15) is 0 Å². The van der Waals surface area contributed by atoms with Crippen LogP contribution in [0.3, 0.4) is 0 Å². The molecule has 0 radical (unpaired) electrons. The van der Waals surface area contributed by atoms with Crippen molar-refractivity contribution < 1.29 is 43.1 Å². The van der Waals surface area contributed by atoms with Gasteiger partial charge in [-0.05, 0) is 53.0 Å². The van der Waals surface area contributed by atoms with E-state index in [1.165, 1.54) is 21.0 Å². The molecule has 0 aliphatic carbocycles. The molecule has 4 amide bonds. The first kappa shape index (κ1) is 38.9. The van der Waals surface area contributed by atoms with Crippen molar-refractivity contribution in [3.63, 3.8) is 0 Å². The lowest BCUT2D eigenvalue weighted by Gasteiger charge is -2.35. The average Bonchev–Trinajstić information content (AvgIpc) is 3.71. The van der Waals surface area contributed by atoms with Crippen LogP contribution in [0.1, 0.15) is 64.6 Å². The van der Waals surface area contributed by atoms with Crippen molar-refractivity contribution in [2.45, 2.75) is 82.8 Å². The Labute approximate surface area is 299 Å². The summed E-state index contributed by atoms with van der Waals surface area (Å²) in [4.78, 5) is 68.5. The normalized spacial score (nSPS) is 19.8. The molecule has 274 valence electrons. The van der Waals surface area contributed by atoms with Gasteiger partial charge in [-0.15, -0.1) is 0 Å². The fraction of sp³-hybridized carbons (Fsp3) is 0.447. The first-order valence-corrected chi connectivity index (χ1v) is 17.0. The van der Waals surface area contributed by atoms with E-state index < -0.39 is 46.7 Å². The number of nitrogens with one attached hydrogen (secondary N) is 4. The molecule has 2 aromatic carbocycles. The summed E-state index contributed by atoms with van der Waals surface area (Å²) in [6.45, 7) is 8.67. The highest BCUT2D eigenvalue weighted by molar-refractivity contribution is 5.94. The van der Waals surface area contributed by atoms with Crippen LogP contribution >= 0.6 is 0 Å². The second-order valence-corrected chi connectivity index (χ2v) is 14.3. The number of nitrogens with zero attached hydrogens (tertiary/aromatic N) is 1. The van der Waals surface area contributed by atoms with Crippen molar-refractivity contribution in [2.75, 3.05) is 26.9 Å². The summed E-state index contributed by atoms with van der Waals surface area (Å²) in [5.41, 5.74) is -1.25. The average molecular weight is 705 g/mol. The SMILES string of the molecule is COCC1(C=O)CCCN1C(=O)C(c1ccccc1)[NH+]1C=CC(NC(=O)[C@@H](COCc2ccccc2)NC(=O)C(C)(C)NC(=O)OC(C)(C)C)=C1. The van der Waals surface area contributed by atoms with Crippen molar-refractivity contribution in [1.29, 1.82) is 0 Å². The highest BCUT2D eigenvalue weighted by Gasteiger charge is 2.48. The van der Waals surface area contributed by atoms with Crippen LogP contribution < -0.4 is 20.9 Å². The smallest absolute Gasteiger partial charge is 0.408 e. The van der Waals surface area contributed by atoms with E-state index in [2.05, 4.69) is 16.0 Å². The number of benzene rings is 2. The molecule has 1 saturated heterocycles. The first-order chi connectivity index (χ1) is 24.2. The third kappa shape index (κ3) is 10.3. The van der Waals surface area contributed by atoms with E-state index in [0.717, 1.165) is 17.4 Å². The van der Waals surface area contributed by atoms with E-state index in [4.69, 9.17) is 14.2 Å². The Morgan fingerprint density at radius 3 is 2.29 bits per heavy atom. The maximum atomic E-state index is 14.3. The quantitative estimate of drug-likeness (QED) is 0.206. The molecular formula is C38H50N5O8+. The minimum Gasteiger partial charge on any atom is -0.444 e. The molecule has 2 heterocycles. The Hall–Kier alpha value is -4.85. The number of hydrogen-bond donors (Lipinski definition) is 4. The summed E-state index contributed by atoms with van der Waals surface area (Å²) < 4.78 is 16.5. The molecule has 13 nitrogen and oxygen atoms in total. The number of allylic oxidation sites excluding steroid dienone is 1. The number of methoxy groups -OCH3 is 1. The number of amides is 4. The van der Waals surface area contributed by atoms with Gasteiger partial charge in [0.15, 0.2) is 0 Å². The lowest BCUT2D eigenvalue weighted by molar-refractivity contribution is -0.813. The van der Waals surface area contributed by atoms with Gasteiger partial charge in [-0.1, -0.05) is 60.7 Å². The van der Waals surface area contributed by atoms with E-state index >= 15 is 0 Å². The summed E-state index contributed by atoms with van der Waals surface area (Å²) in [7, 11) is 1.51. The molecule has 4 rings (SSSR count). The Kier molecular flexibility index (Phi) is 12.9. The monoisotopic (exact) mass is 704 g/mol. The van der Waals surface area contributed by atoms with E-state index in [1.54, 1.807) is 44.1 Å². The van der Waals surface area contributed by atoms with Gasteiger partial charge in [0.2, 0.25) is 17.9 Å². The largest absolute Gasteiger partial charge is 0.444 e. The van der Waals surface area contributed by atoms with Gasteiger partial charge in [-0.3, -0.25) is 19.3 Å². The molecule has 51 heavy (non-hydrogen) atoms. The predicted octanol–water partition coefficient (Wildman–Crippen LogP) is 2.31. The lowest BCUT2D eigenvalue weighted by atomic mass is 9.97. The van der Waals surface area contributed by atoms with Crippen LogP contribution in [0, 0.1) is 0 Å². The number of carbonyl (C=O) groups excluding carboxylic acids is 5. The van der Waals surface area contributed by atoms with Gasteiger partial charge in [0.1, 0.15) is 47.1 Å². The van der Waals surface area contributed by atoms with Crippen molar-refractivity contribution >= 4 is 30.1 Å². The molecule has 4 N–H and O–H groups in total. The second-order valence-electron chi connectivity index (χ2n) is 14.3. The molecule has 2 aromatic rings. The number of ether oxygens (including phenoxy) is 3. The number of quaternary nitrogens is 1. The third-order valence-corrected chi connectivity index (χ3v) is 8.57. The maximum absolute atomic E-state index is 14.3. The molecule has 0 aromatic heterocycles. The Bertz CT molecular complexity index is 1600. The van der Waals surface area contributed by atoms with Crippen LogP contribution in [0.5, 0.6) is 0 Å². The van der Waals surface area contributed by atoms with Crippen molar-refractivity contribution in [1.82, 2.24) is 20.9 Å². The van der Waals surface area contributed by atoms with Gasteiger partial charge < -0.3 is 39.9 Å². The number of carbonyl (C=O) groups is 5. The summed E-state index contributed by atoms with van der Waals surface area (Å²) in [5.74, 6) is -1.44. The zero-order valence-corrected chi connectivity index (χ0v) is 30.2. The molecule has 0 saturated carbocycles. The lowest BCUT2D eigenvalue weighted by Crippen LogP contribution is -3.04. The van der Waals surface area contributed by atoms with Crippen LogP contribution in [-0.4, -0.2) is 84.6 Å². The van der Waals surface area contributed by atoms with Gasteiger partial charge in [0.25, 0.3) is 5.91 Å². The molecule has 4 atom stereocenters. The number of likely N-dealkylation sites (tertiary alicyclic amines) is 1. The topological polar surface area (TPSA) is 157 Å². The molecule has 3 unspecified atom stereocenters. The first-order valence-electron chi connectivity index (χ1n) is 17.0. The Morgan fingerprint density at radius 1 is 1.00 bits per heavy atom. The fourth-order valence-corrected chi connectivity index (χ4v) is 6.02. The highest BCUT2D eigenvalue weighted by Crippen LogP contribution is 2.31. The Morgan fingerprint density at radius 2 is 1.67 bits per heavy atom. The van der Waals surface area contributed by atoms with Gasteiger partial charge >= 0.3 is 6.09 Å². The molecular weight excluding hydrogens is 654 g/mol. The number of hydrogen-bond acceptors (Lipinski definition) is 8. The standard InChI is InChI=1S/C38H49N5O8/c1-36(2,3)51-35(48)41-37(4,5)34(47)40-30(24-50-23-27-14-9-7-10-15-27)32(45)39-29-18-21-42(22-29)31(28-16-11-8-12-17-28)33(46)43-20-13-19-38(43,25-44)26-49-6/h7-12,14-18,21-22,25,30-31H,13,19-20,23-24,26H2,1-6H3,(H,39,45)(H,40,47)(H,41,48)/p+1/t30-,31?,38?/m1/s1. The van der Waals surface area contributed by atoms with E-state index in [1.807, 2.05) is 60.7 Å². The Balaban J connectivity index is 1.53. The molecule has 2 aliphatic heterocycles. The van der Waals surface area contributed by atoms with Crippen molar-refractivity contribution in [3.05, 3.63) is 96.0 Å². The summed E-state index contributed by atoms with van der Waals surface area (Å²) in [6, 6.07) is 16.7. The molecule has 1 fully saturated rings. The van der Waals surface area contributed by atoms with Crippen molar-refractivity contribution in [2.24, 2.45) is 0 Å². The van der Waals surface area contributed by atoms with Crippen LogP contribution in [0.25, 0.3) is 0 Å². The predicted molar refractivity (Wildman–Crippen MR) is 189 cm³/mol. The second kappa shape index (κ2) is 16.9. The molecule has 0 spiro atoms. The van der Waals surface area contributed by atoms with Gasteiger partial charge in [0.05, 0.1) is 19.8 Å². The van der Waals surface area contributed by atoms with E-state index in [-0.39, 0.29) is 25.7 Å². The minimum atomic E-state index is -1.44. The highest BCUT2D eigenvalue weighted by atomic mass is 16.6. The third-order valence-electron chi connectivity index (χ3n) is 8.57. The van der Waals surface area contributed by atoms with Gasteiger partial charge in [-0.25, -0.2) is 4.79 Å². The molecule has 2 aliphatic rings. The van der Waals surface area contributed by atoms with Crippen LogP contribution in [0.4, 0.5) is 4.79 Å². The zero-order chi connectivity index (χ0) is 37.2. The fourth-order valence-electron chi connectivity index (χ4n) is 6.02. The molecule has 13 heteroatoms. The zero-order valence-electron chi connectivity index (χ0n) is 30.2. The number of aldehydes is 1. The van der Waals surface area contributed by atoms with E-state index in [9.17, 15) is 24.0 Å². The summed E-state index contributed by atoms with van der Waals surface area (Å²) >= 11 is 0. The summed E-state index contributed by atoms with van der Waals surface area (Å²) in [6.07, 6.45) is 6.34. The summed E-state index contributed by atoms with van der Waals surface area (Å²) in [5, 5.41) is 8.13. The van der Waals surface area contributed by atoms with Gasteiger partial charge in [0, 0.05) is 25.3 Å².